The van der Waals surface area contributed by atoms with Crippen molar-refractivity contribution in [3.05, 3.63) is 68.4 Å². The third kappa shape index (κ3) is 3.51. The summed E-state index contributed by atoms with van der Waals surface area (Å²) < 4.78 is 6.08. The van der Waals surface area contributed by atoms with Gasteiger partial charge in [0.05, 0.1) is 5.56 Å². The molecule has 1 unspecified atom stereocenters. The van der Waals surface area contributed by atoms with Crippen molar-refractivity contribution in [2.45, 2.75) is 46.5 Å². The summed E-state index contributed by atoms with van der Waals surface area (Å²) in [6.45, 7) is 7.78. The van der Waals surface area contributed by atoms with E-state index in [0.717, 1.165) is 22.8 Å². The topological polar surface area (TPSA) is 111 Å². The molecule has 0 fully saturated rings. The summed E-state index contributed by atoms with van der Waals surface area (Å²) in [5, 5.41) is 41.3. The van der Waals surface area contributed by atoms with E-state index in [4.69, 9.17) is 4.42 Å². The number of allylic oxidation sites excluding steroid dienone is 4. The Morgan fingerprint density at radius 1 is 1.03 bits per heavy atom. The fraction of sp³-hybridized carbons (Fsp3) is 0.269. The Kier molecular flexibility index (Phi) is 5.25. The second-order valence-corrected chi connectivity index (χ2v) is 8.80. The van der Waals surface area contributed by atoms with Gasteiger partial charge in [0.15, 0.2) is 11.5 Å². The van der Waals surface area contributed by atoms with Crippen LogP contribution in [0.5, 0.6) is 23.0 Å². The van der Waals surface area contributed by atoms with E-state index in [1.54, 1.807) is 0 Å². The quantitative estimate of drug-likeness (QED) is 0.325. The molecule has 3 aromatic rings. The summed E-state index contributed by atoms with van der Waals surface area (Å²) >= 11 is 0. The predicted octanol–water partition coefficient (Wildman–Crippen LogP) is 5.40. The average molecular weight is 434 g/mol. The zero-order valence-corrected chi connectivity index (χ0v) is 18.5. The van der Waals surface area contributed by atoms with E-state index in [-0.39, 0.29) is 51.1 Å². The van der Waals surface area contributed by atoms with Gasteiger partial charge in [0.2, 0.25) is 5.43 Å². The van der Waals surface area contributed by atoms with Crippen LogP contribution in [0.2, 0.25) is 0 Å². The minimum Gasteiger partial charge on any atom is -0.508 e. The van der Waals surface area contributed by atoms with Crippen molar-refractivity contribution in [1.29, 1.82) is 0 Å². The van der Waals surface area contributed by atoms with Gasteiger partial charge in [0.25, 0.3) is 0 Å². The minimum atomic E-state index is -0.384. The molecule has 0 saturated heterocycles. The SMILES string of the molecule is CC(C)=CCc1c(O)c(O)cc2c1CC(C=C(C)C)c1c-2oc2cc(O)cc(O)c2c1=O. The molecular weight excluding hydrogens is 408 g/mol. The molecule has 2 aromatic carbocycles. The van der Waals surface area contributed by atoms with E-state index in [0.29, 0.717) is 29.5 Å². The van der Waals surface area contributed by atoms with Crippen molar-refractivity contribution in [3.8, 4) is 34.3 Å². The van der Waals surface area contributed by atoms with Crippen molar-refractivity contribution in [2.24, 2.45) is 0 Å². The molecule has 0 saturated carbocycles. The van der Waals surface area contributed by atoms with Crippen molar-refractivity contribution < 1.29 is 24.8 Å². The molecule has 0 spiro atoms. The van der Waals surface area contributed by atoms with Gasteiger partial charge in [-0.1, -0.05) is 23.3 Å². The maximum absolute atomic E-state index is 13.5. The molecule has 0 amide bonds. The van der Waals surface area contributed by atoms with E-state index < -0.39 is 0 Å². The zero-order valence-electron chi connectivity index (χ0n) is 18.5. The summed E-state index contributed by atoms with van der Waals surface area (Å²) in [6, 6.07) is 3.80. The molecule has 1 aliphatic carbocycles. The fourth-order valence-electron chi connectivity index (χ4n) is 4.42. The van der Waals surface area contributed by atoms with Gasteiger partial charge in [-0.05, 0) is 52.2 Å². The Morgan fingerprint density at radius 3 is 2.41 bits per heavy atom. The van der Waals surface area contributed by atoms with Gasteiger partial charge in [-0.2, -0.15) is 0 Å². The van der Waals surface area contributed by atoms with Crippen LogP contribution in [0.1, 0.15) is 50.3 Å². The molecular formula is C26H26O6. The third-order valence-corrected chi connectivity index (χ3v) is 5.78. The second-order valence-electron chi connectivity index (χ2n) is 8.80. The molecule has 0 radical (unpaired) electrons. The highest BCUT2D eigenvalue weighted by Crippen LogP contribution is 2.47. The lowest BCUT2D eigenvalue weighted by molar-refractivity contribution is 0.399. The van der Waals surface area contributed by atoms with Gasteiger partial charge in [-0.15, -0.1) is 0 Å². The first-order valence-corrected chi connectivity index (χ1v) is 10.5. The minimum absolute atomic E-state index is 0.00456. The molecule has 0 aliphatic heterocycles. The van der Waals surface area contributed by atoms with Crippen LogP contribution in [-0.2, 0) is 12.8 Å². The molecule has 4 N–H and O–H groups in total. The summed E-state index contributed by atoms with van der Waals surface area (Å²) in [7, 11) is 0. The predicted molar refractivity (Wildman–Crippen MR) is 124 cm³/mol. The molecule has 1 aliphatic rings. The van der Waals surface area contributed by atoms with Crippen LogP contribution in [0.25, 0.3) is 22.3 Å². The molecule has 6 nitrogen and oxygen atoms in total. The fourth-order valence-corrected chi connectivity index (χ4v) is 4.42. The first-order valence-electron chi connectivity index (χ1n) is 10.5. The van der Waals surface area contributed by atoms with E-state index in [9.17, 15) is 25.2 Å². The number of rotatable bonds is 3. The molecule has 1 aromatic heterocycles. The standard InChI is InChI=1S/C26H26O6/c1-12(2)5-6-16-17-8-14(7-13(3)4)22-25(31)23-19(28)9-15(27)10-21(23)32-26(22)18(17)11-20(29)24(16)30/h5,7,9-11,14,27-30H,6,8H2,1-4H3. The van der Waals surface area contributed by atoms with Gasteiger partial charge >= 0.3 is 0 Å². The number of phenolic OH excluding ortho intramolecular Hbond substituents is 4. The average Bonchev–Trinajstić information content (AvgIpc) is 2.67. The van der Waals surface area contributed by atoms with Crippen LogP contribution in [-0.4, -0.2) is 20.4 Å². The van der Waals surface area contributed by atoms with Crippen molar-refractivity contribution in [2.75, 3.05) is 0 Å². The molecule has 32 heavy (non-hydrogen) atoms. The largest absolute Gasteiger partial charge is 0.508 e. The summed E-state index contributed by atoms with van der Waals surface area (Å²) in [5.74, 6) is -1.13. The molecule has 6 heteroatoms. The first kappa shape index (κ1) is 21.6. The highest BCUT2D eigenvalue weighted by Gasteiger charge is 2.33. The number of benzene rings is 2. The lowest BCUT2D eigenvalue weighted by Gasteiger charge is -2.27. The molecule has 0 bridgehead atoms. The summed E-state index contributed by atoms with van der Waals surface area (Å²) in [6.07, 6.45) is 4.78. The van der Waals surface area contributed by atoms with Crippen LogP contribution < -0.4 is 5.43 Å². The van der Waals surface area contributed by atoms with E-state index in [1.807, 2.05) is 39.8 Å². The maximum Gasteiger partial charge on any atom is 0.200 e. The van der Waals surface area contributed by atoms with Crippen LogP contribution in [0.15, 0.2) is 50.7 Å². The zero-order chi connectivity index (χ0) is 23.3. The lowest BCUT2D eigenvalue weighted by Crippen LogP contribution is -2.21. The highest BCUT2D eigenvalue weighted by molar-refractivity contribution is 5.89. The van der Waals surface area contributed by atoms with Crippen molar-refractivity contribution >= 4 is 11.0 Å². The first-order chi connectivity index (χ1) is 15.1. The Hall–Kier alpha value is -3.67. The second kappa shape index (κ2) is 7.79. The number of phenols is 4. The third-order valence-electron chi connectivity index (χ3n) is 5.78. The Morgan fingerprint density at radius 2 is 1.75 bits per heavy atom. The van der Waals surface area contributed by atoms with Gasteiger partial charge < -0.3 is 24.8 Å². The van der Waals surface area contributed by atoms with Crippen molar-refractivity contribution in [3.63, 3.8) is 0 Å². The van der Waals surface area contributed by atoms with Crippen LogP contribution in [0.4, 0.5) is 0 Å². The van der Waals surface area contributed by atoms with Crippen LogP contribution in [0, 0.1) is 0 Å². The number of hydrogen-bond donors (Lipinski definition) is 4. The van der Waals surface area contributed by atoms with Gasteiger partial charge in [0.1, 0.15) is 28.2 Å². The molecule has 1 atom stereocenters. The monoisotopic (exact) mass is 434 g/mol. The normalized spacial score (nSPS) is 14.6. The molecule has 4 rings (SSSR count). The van der Waals surface area contributed by atoms with E-state index in [1.165, 1.54) is 12.1 Å². The van der Waals surface area contributed by atoms with Gasteiger partial charge in [-0.3, -0.25) is 4.79 Å². The maximum atomic E-state index is 13.5. The Bertz CT molecular complexity index is 1370. The van der Waals surface area contributed by atoms with Crippen LogP contribution >= 0.6 is 0 Å². The van der Waals surface area contributed by atoms with Crippen molar-refractivity contribution in [1.82, 2.24) is 0 Å². The lowest BCUT2D eigenvalue weighted by atomic mass is 9.77. The summed E-state index contributed by atoms with van der Waals surface area (Å²) in [4.78, 5) is 13.5. The molecule has 166 valence electrons. The summed E-state index contributed by atoms with van der Waals surface area (Å²) in [5.41, 5.74) is 4.02. The van der Waals surface area contributed by atoms with E-state index in [2.05, 4.69) is 0 Å². The Labute approximate surface area is 185 Å². The Balaban J connectivity index is 2.13. The highest BCUT2D eigenvalue weighted by atomic mass is 16.3. The smallest absolute Gasteiger partial charge is 0.200 e. The van der Waals surface area contributed by atoms with Gasteiger partial charge in [-0.25, -0.2) is 0 Å². The number of aromatic hydroxyl groups is 4. The molecule has 1 heterocycles. The number of fused-ring (bicyclic) bond motifs is 4. The van der Waals surface area contributed by atoms with Crippen LogP contribution in [0.3, 0.4) is 0 Å². The van der Waals surface area contributed by atoms with E-state index >= 15 is 0 Å². The van der Waals surface area contributed by atoms with Gasteiger partial charge in [0, 0.05) is 29.2 Å². The number of hydrogen-bond acceptors (Lipinski definition) is 6.